The van der Waals surface area contributed by atoms with Gasteiger partial charge in [-0.25, -0.2) is 4.79 Å². The first kappa shape index (κ1) is 12.1. The summed E-state index contributed by atoms with van der Waals surface area (Å²) in [5.74, 6) is -0.654. The molecule has 0 radical (unpaired) electrons. The SMILES string of the molecule is C=CC(=O)OCC(C)S(=O)(=O)OC. The molecule has 0 N–H and O–H groups in total. The minimum atomic E-state index is -3.61. The minimum absolute atomic E-state index is 0.235. The summed E-state index contributed by atoms with van der Waals surface area (Å²) in [4.78, 5) is 10.6. The summed E-state index contributed by atoms with van der Waals surface area (Å²) in [6.07, 6.45) is 0.964. The van der Waals surface area contributed by atoms with Gasteiger partial charge in [-0.3, -0.25) is 4.18 Å². The van der Waals surface area contributed by atoms with E-state index in [1.165, 1.54) is 6.92 Å². The monoisotopic (exact) mass is 208 g/mol. The molecule has 5 nitrogen and oxygen atoms in total. The Morgan fingerprint density at radius 2 is 2.15 bits per heavy atom. The maximum absolute atomic E-state index is 11.0. The molecule has 0 spiro atoms. The van der Waals surface area contributed by atoms with Crippen LogP contribution in [0.4, 0.5) is 0 Å². The summed E-state index contributed by atoms with van der Waals surface area (Å²) in [5, 5.41) is -0.874. The molecule has 0 rings (SSSR count). The highest BCUT2D eigenvalue weighted by Crippen LogP contribution is 2.02. The van der Waals surface area contributed by atoms with Gasteiger partial charge in [-0.05, 0) is 6.92 Å². The van der Waals surface area contributed by atoms with Crippen LogP contribution in [0.2, 0.25) is 0 Å². The van der Waals surface area contributed by atoms with Gasteiger partial charge in [0, 0.05) is 6.08 Å². The van der Waals surface area contributed by atoms with Gasteiger partial charge in [-0.15, -0.1) is 0 Å². The third-order valence-electron chi connectivity index (χ3n) is 1.35. The smallest absolute Gasteiger partial charge is 0.330 e. The zero-order valence-electron chi connectivity index (χ0n) is 7.52. The van der Waals surface area contributed by atoms with E-state index >= 15 is 0 Å². The largest absolute Gasteiger partial charge is 0.461 e. The zero-order valence-corrected chi connectivity index (χ0v) is 8.33. The first-order valence-corrected chi connectivity index (χ1v) is 4.99. The molecule has 0 aliphatic heterocycles. The molecule has 0 aliphatic carbocycles. The van der Waals surface area contributed by atoms with E-state index in [4.69, 9.17) is 0 Å². The second-order valence-corrected chi connectivity index (χ2v) is 4.43. The van der Waals surface area contributed by atoms with E-state index in [0.29, 0.717) is 0 Å². The fourth-order valence-electron chi connectivity index (χ4n) is 0.506. The highest BCUT2D eigenvalue weighted by molar-refractivity contribution is 7.87. The van der Waals surface area contributed by atoms with Crippen molar-refractivity contribution in [2.75, 3.05) is 13.7 Å². The summed E-state index contributed by atoms with van der Waals surface area (Å²) in [6, 6.07) is 0. The minimum Gasteiger partial charge on any atom is -0.461 e. The maximum Gasteiger partial charge on any atom is 0.330 e. The molecule has 0 heterocycles. The Bertz CT molecular complexity index is 279. The van der Waals surface area contributed by atoms with Crippen LogP contribution < -0.4 is 0 Å². The van der Waals surface area contributed by atoms with E-state index < -0.39 is 21.3 Å². The molecule has 0 aromatic carbocycles. The lowest BCUT2D eigenvalue weighted by molar-refractivity contribution is -0.137. The van der Waals surface area contributed by atoms with Crippen LogP contribution in [0.1, 0.15) is 6.92 Å². The topological polar surface area (TPSA) is 69.7 Å². The first-order chi connectivity index (χ1) is 5.94. The normalized spacial score (nSPS) is 13.4. The van der Waals surface area contributed by atoms with Gasteiger partial charge in [0.15, 0.2) is 0 Å². The second kappa shape index (κ2) is 4.98. The molecule has 0 fully saturated rings. The van der Waals surface area contributed by atoms with Crippen molar-refractivity contribution in [3.8, 4) is 0 Å². The van der Waals surface area contributed by atoms with Crippen LogP contribution in [-0.2, 0) is 23.8 Å². The van der Waals surface area contributed by atoms with E-state index in [-0.39, 0.29) is 6.61 Å². The number of carbonyl (C=O) groups is 1. The average Bonchev–Trinajstić information content (AvgIpc) is 2.13. The van der Waals surface area contributed by atoms with E-state index in [1.54, 1.807) is 0 Å². The maximum atomic E-state index is 11.0. The molecule has 0 bridgehead atoms. The second-order valence-electron chi connectivity index (χ2n) is 2.30. The highest BCUT2D eigenvalue weighted by atomic mass is 32.2. The number of ether oxygens (including phenoxy) is 1. The lowest BCUT2D eigenvalue weighted by Crippen LogP contribution is -2.25. The van der Waals surface area contributed by atoms with Crippen molar-refractivity contribution in [3.05, 3.63) is 12.7 Å². The van der Waals surface area contributed by atoms with Gasteiger partial charge < -0.3 is 4.74 Å². The standard InChI is InChI=1S/C7H12O5S/c1-4-7(8)12-5-6(2)13(9,10)11-3/h4,6H,1,5H2,2-3H3. The summed E-state index contributed by atoms with van der Waals surface area (Å²) in [7, 11) is -2.56. The van der Waals surface area contributed by atoms with Crippen LogP contribution in [0.3, 0.4) is 0 Å². The third kappa shape index (κ3) is 4.05. The molecular formula is C7H12O5S. The van der Waals surface area contributed by atoms with Gasteiger partial charge >= 0.3 is 5.97 Å². The van der Waals surface area contributed by atoms with Crippen molar-refractivity contribution in [2.24, 2.45) is 0 Å². The Morgan fingerprint density at radius 3 is 2.54 bits per heavy atom. The molecule has 0 aromatic rings. The average molecular weight is 208 g/mol. The summed E-state index contributed by atoms with van der Waals surface area (Å²) in [6.45, 7) is 4.31. The van der Waals surface area contributed by atoms with E-state index in [1.807, 2.05) is 0 Å². The van der Waals surface area contributed by atoms with E-state index in [2.05, 4.69) is 15.5 Å². The molecule has 0 saturated carbocycles. The number of hydrogen-bond donors (Lipinski definition) is 0. The van der Waals surface area contributed by atoms with Gasteiger partial charge in [-0.2, -0.15) is 8.42 Å². The number of rotatable bonds is 5. The number of esters is 1. The molecule has 6 heteroatoms. The molecule has 0 saturated heterocycles. The van der Waals surface area contributed by atoms with Crippen LogP contribution >= 0.6 is 0 Å². The van der Waals surface area contributed by atoms with E-state index in [0.717, 1.165) is 13.2 Å². The Labute approximate surface area is 77.5 Å². The summed E-state index contributed by atoms with van der Waals surface area (Å²) in [5.41, 5.74) is 0. The number of hydrogen-bond acceptors (Lipinski definition) is 5. The molecule has 0 aliphatic rings. The Morgan fingerprint density at radius 1 is 1.62 bits per heavy atom. The van der Waals surface area contributed by atoms with Crippen molar-refractivity contribution >= 4 is 16.1 Å². The van der Waals surface area contributed by atoms with Gasteiger partial charge in [-0.1, -0.05) is 6.58 Å². The Hall–Kier alpha value is -0.880. The lowest BCUT2D eigenvalue weighted by Gasteiger charge is -2.09. The van der Waals surface area contributed by atoms with Crippen LogP contribution in [-0.4, -0.2) is 33.4 Å². The predicted octanol–water partition coefficient (Wildman–Crippen LogP) is 0.0803. The number of carbonyl (C=O) groups excluding carboxylic acids is 1. The Kier molecular flexibility index (Phi) is 4.64. The van der Waals surface area contributed by atoms with Crippen molar-refractivity contribution in [3.63, 3.8) is 0 Å². The third-order valence-corrected chi connectivity index (χ3v) is 2.94. The molecular weight excluding hydrogens is 196 g/mol. The predicted molar refractivity (Wildman–Crippen MR) is 46.5 cm³/mol. The highest BCUT2D eigenvalue weighted by Gasteiger charge is 2.21. The van der Waals surface area contributed by atoms with Crippen molar-refractivity contribution < 1.29 is 22.1 Å². The van der Waals surface area contributed by atoms with Crippen LogP contribution in [0.15, 0.2) is 12.7 Å². The van der Waals surface area contributed by atoms with Gasteiger partial charge in [0.05, 0.1) is 7.11 Å². The molecule has 1 atom stereocenters. The van der Waals surface area contributed by atoms with Crippen LogP contribution in [0.25, 0.3) is 0 Å². The van der Waals surface area contributed by atoms with E-state index in [9.17, 15) is 13.2 Å². The first-order valence-electron chi connectivity index (χ1n) is 3.52. The molecule has 13 heavy (non-hydrogen) atoms. The fourth-order valence-corrected chi connectivity index (χ4v) is 1.07. The lowest BCUT2D eigenvalue weighted by atomic mass is 10.5. The quantitative estimate of drug-likeness (QED) is 0.363. The Balaban J connectivity index is 4.09. The van der Waals surface area contributed by atoms with Crippen molar-refractivity contribution in [2.45, 2.75) is 12.2 Å². The van der Waals surface area contributed by atoms with Gasteiger partial charge in [0.1, 0.15) is 11.9 Å². The van der Waals surface area contributed by atoms with Gasteiger partial charge in [0.2, 0.25) is 0 Å². The zero-order chi connectivity index (χ0) is 10.5. The molecule has 0 aromatic heterocycles. The summed E-state index contributed by atoms with van der Waals surface area (Å²) < 4.78 is 30.7. The van der Waals surface area contributed by atoms with Crippen LogP contribution in [0, 0.1) is 0 Å². The molecule has 76 valence electrons. The molecule has 1 unspecified atom stereocenters. The molecule has 0 amide bonds. The van der Waals surface area contributed by atoms with Crippen molar-refractivity contribution in [1.29, 1.82) is 0 Å². The fraction of sp³-hybridized carbons (Fsp3) is 0.571. The summed E-state index contributed by atoms with van der Waals surface area (Å²) >= 11 is 0. The van der Waals surface area contributed by atoms with Crippen LogP contribution in [0.5, 0.6) is 0 Å². The van der Waals surface area contributed by atoms with Crippen molar-refractivity contribution in [1.82, 2.24) is 0 Å². The van der Waals surface area contributed by atoms with Gasteiger partial charge in [0.25, 0.3) is 10.1 Å².